The molecule has 1 amide bonds. The maximum absolute atomic E-state index is 12.2. The molecule has 26 heavy (non-hydrogen) atoms. The van der Waals surface area contributed by atoms with Gasteiger partial charge in [-0.3, -0.25) is 9.78 Å². The molecule has 0 bridgehead atoms. The first kappa shape index (κ1) is 18.1. The smallest absolute Gasteiger partial charge is 0.234 e. The highest BCUT2D eigenvalue weighted by atomic mass is 32.2. The highest BCUT2D eigenvalue weighted by Gasteiger charge is 2.15. The Morgan fingerprint density at radius 2 is 2.08 bits per heavy atom. The average Bonchev–Trinajstić information content (AvgIpc) is 3.04. The lowest BCUT2D eigenvalue weighted by Crippen LogP contribution is -2.14. The molecule has 0 radical (unpaired) electrons. The Labute approximate surface area is 157 Å². The van der Waals surface area contributed by atoms with Crippen molar-refractivity contribution in [3.05, 3.63) is 54.2 Å². The van der Waals surface area contributed by atoms with E-state index in [1.54, 1.807) is 6.20 Å². The molecule has 0 saturated carbocycles. The van der Waals surface area contributed by atoms with Crippen molar-refractivity contribution >= 4 is 23.4 Å². The number of aryl methyl sites for hydroxylation is 1. The van der Waals surface area contributed by atoms with Gasteiger partial charge in [0.25, 0.3) is 0 Å². The summed E-state index contributed by atoms with van der Waals surface area (Å²) < 4.78 is 2.02. The number of hydrogen-bond acceptors (Lipinski definition) is 5. The quantitative estimate of drug-likeness (QED) is 0.643. The van der Waals surface area contributed by atoms with Crippen LogP contribution in [0.3, 0.4) is 0 Å². The number of aromatic nitrogens is 4. The number of hydrogen-bond donors (Lipinski definition) is 1. The van der Waals surface area contributed by atoms with E-state index in [0.29, 0.717) is 0 Å². The molecule has 0 aliphatic rings. The largest absolute Gasteiger partial charge is 0.325 e. The van der Waals surface area contributed by atoms with Crippen LogP contribution in [0.5, 0.6) is 0 Å². The molecule has 0 aliphatic heterocycles. The molecule has 0 aliphatic carbocycles. The van der Waals surface area contributed by atoms with Crippen LogP contribution in [0, 0.1) is 6.92 Å². The topological polar surface area (TPSA) is 72.7 Å². The van der Waals surface area contributed by atoms with E-state index in [1.165, 1.54) is 11.8 Å². The third-order valence-electron chi connectivity index (χ3n) is 3.69. The molecule has 0 unspecified atom stereocenters. The van der Waals surface area contributed by atoms with Crippen LogP contribution in [-0.4, -0.2) is 31.4 Å². The molecule has 3 aromatic rings. The minimum absolute atomic E-state index is 0.0639. The summed E-state index contributed by atoms with van der Waals surface area (Å²) in [5.74, 6) is 0.943. The molecule has 1 N–H and O–H groups in total. The zero-order valence-corrected chi connectivity index (χ0v) is 15.7. The minimum atomic E-state index is -0.0639. The van der Waals surface area contributed by atoms with Crippen LogP contribution in [0.25, 0.3) is 11.5 Å². The SMILES string of the molecule is CCCn1c(SCC(=O)Nc2cccc(C)c2)nnc1-c1ccccn1. The van der Waals surface area contributed by atoms with E-state index in [9.17, 15) is 4.79 Å². The molecular formula is C19H21N5OS. The summed E-state index contributed by atoms with van der Waals surface area (Å²) in [4.78, 5) is 16.6. The summed E-state index contributed by atoms with van der Waals surface area (Å²) >= 11 is 1.38. The molecule has 0 atom stereocenters. The van der Waals surface area contributed by atoms with Crippen molar-refractivity contribution in [3.8, 4) is 11.5 Å². The number of carbonyl (C=O) groups is 1. The van der Waals surface area contributed by atoms with Crippen molar-refractivity contribution < 1.29 is 4.79 Å². The molecule has 3 rings (SSSR count). The molecule has 0 saturated heterocycles. The van der Waals surface area contributed by atoms with E-state index in [-0.39, 0.29) is 11.7 Å². The fourth-order valence-corrected chi connectivity index (χ4v) is 3.32. The van der Waals surface area contributed by atoms with Crippen molar-refractivity contribution in [1.82, 2.24) is 19.7 Å². The van der Waals surface area contributed by atoms with Crippen LogP contribution in [0.4, 0.5) is 5.69 Å². The number of nitrogens with zero attached hydrogens (tertiary/aromatic N) is 4. The summed E-state index contributed by atoms with van der Waals surface area (Å²) in [5.41, 5.74) is 2.70. The van der Waals surface area contributed by atoms with Gasteiger partial charge < -0.3 is 9.88 Å². The van der Waals surface area contributed by atoms with E-state index >= 15 is 0 Å². The first-order chi connectivity index (χ1) is 12.7. The maximum Gasteiger partial charge on any atom is 0.234 e. The van der Waals surface area contributed by atoms with Crippen molar-refractivity contribution in [1.29, 1.82) is 0 Å². The third-order valence-corrected chi connectivity index (χ3v) is 4.66. The number of amides is 1. The predicted molar refractivity (Wildman–Crippen MR) is 104 cm³/mol. The number of anilines is 1. The second-order valence-electron chi connectivity index (χ2n) is 5.88. The zero-order valence-electron chi connectivity index (χ0n) is 14.8. The van der Waals surface area contributed by atoms with E-state index < -0.39 is 0 Å². The average molecular weight is 367 g/mol. The number of benzene rings is 1. The fourth-order valence-electron chi connectivity index (χ4n) is 2.56. The van der Waals surface area contributed by atoms with E-state index in [2.05, 4.69) is 27.4 Å². The number of thioether (sulfide) groups is 1. The minimum Gasteiger partial charge on any atom is -0.325 e. The molecular weight excluding hydrogens is 346 g/mol. The molecule has 134 valence electrons. The monoisotopic (exact) mass is 367 g/mol. The number of nitrogens with one attached hydrogen (secondary N) is 1. The summed E-state index contributed by atoms with van der Waals surface area (Å²) in [6, 6.07) is 13.5. The molecule has 6 nitrogen and oxygen atoms in total. The fraction of sp³-hybridized carbons (Fsp3) is 0.263. The van der Waals surface area contributed by atoms with Crippen LogP contribution >= 0.6 is 11.8 Å². The van der Waals surface area contributed by atoms with Gasteiger partial charge in [-0.15, -0.1) is 10.2 Å². The lowest BCUT2D eigenvalue weighted by atomic mass is 10.2. The second kappa shape index (κ2) is 8.62. The highest BCUT2D eigenvalue weighted by molar-refractivity contribution is 7.99. The normalized spacial score (nSPS) is 10.7. The molecule has 0 spiro atoms. The van der Waals surface area contributed by atoms with Crippen LogP contribution in [-0.2, 0) is 11.3 Å². The summed E-state index contributed by atoms with van der Waals surface area (Å²) in [5, 5.41) is 12.2. The molecule has 1 aromatic carbocycles. The first-order valence-corrected chi connectivity index (χ1v) is 9.50. The predicted octanol–water partition coefficient (Wildman–Crippen LogP) is 3.79. The Kier molecular flexibility index (Phi) is 6.01. The van der Waals surface area contributed by atoms with Gasteiger partial charge in [0.2, 0.25) is 5.91 Å². The van der Waals surface area contributed by atoms with Gasteiger partial charge in [-0.05, 0) is 43.2 Å². The molecule has 2 heterocycles. The Morgan fingerprint density at radius 3 is 2.81 bits per heavy atom. The Hall–Kier alpha value is -2.67. The van der Waals surface area contributed by atoms with Crippen LogP contribution < -0.4 is 5.32 Å². The molecule has 0 fully saturated rings. The Morgan fingerprint density at radius 1 is 1.19 bits per heavy atom. The van der Waals surface area contributed by atoms with Crippen LogP contribution in [0.1, 0.15) is 18.9 Å². The lowest BCUT2D eigenvalue weighted by molar-refractivity contribution is -0.113. The maximum atomic E-state index is 12.2. The van der Waals surface area contributed by atoms with Gasteiger partial charge in [0.15, 0.2) is 11.0 Å². The summed E-state index contributed by atoms with van der Waals surface area (Å²) in [7, 11) is 0. The zero-order chi connectivity index (χ0) is 18.4. The standard InChI is InChI=1S/C19H21N5OS/c1-3-11-24-18(16-9-4-5-10-20-16)22-23-19(24)26-13-17(25)21-15-8-6-7-14(2)12-15/h4-10,12H,3,11,13H2,1-2H3,(H,21,25). The van der Waals surface area contributed by atoms with Gasteiger partial charge in [0.05, 0.1) is 5.75 Å². The van der Waals surface area contributed by atoms with Gasteiger partial charge in [-0.2, -0.15) is 0 Å². The Bertz CT molecular complexity index is 879. The van der Waals surface area contributed by atoms with Gasteiger partial charge in [-0.1, -0.05) is 36.9 Å². The third kappa shape index (κ3) is 4.49. The van der Waals surface area contributed by atoms with E-state index in [0.717, 1.165) is 40.9 Å². The summed E-state index contributed by atoms with van der Waals surface area (Å²) in [6.45, 7) is 4.87. The van der Waals surface area contributed by atoms with Crippen molar-refractivity contribution in [2.24, 2.45) is 0 Å². The van der Waals surface area contributed by atoms with Crippen molar-refractivity contribution in [3.63, 3.8) is 0 Å². The second-order valence-corrected chi connectivity index (χ2v) is 6.82. The van der Waals surface area contributed by atoms with Crippen LogP contribution in [0.15, 0.2) is 53.8 Å². The van der Waals surface area contributed by atoms with Crippen molar-refractivity contribution in [2.45, 2.75) is 32.0 Å². The number of pyridine rings is 1. The van der Waals surface area contributed by atoms with Gasteiger partial charge >= 0.3 is 0 Å². The Balaban J connectivity index is 1.69. The van der Waals surface area contributed by atoms with Gasteiger partial charge in [0.1, 0.15) is 5.69 Å². The van der Waals surface area contributed by atoms with Gasteiger partial charge in [-0.25, -0.2) is 0 Å². The molecule has 7 heteroatoms. The summed E-state index contributed by atoms with van der Waals surface area (Å²) in [6.07, 6.45) is 2.68. The molecule has 2 aromatic heterocycles. The first-order valence-electron chi connectivity index (χ1n) is 8.51. The van der Waals surface area contributed by atoms with Crippen LogP contribution in [0.2, 0.25) is 0 Å². The van der Waals surface area contributed by atoms with E-state index in [1.807, 2.05) is 54.0 Å². The van der Waals surface area contributed by atoms with E-state index in [4.69, 9.17) is 0 Å². The lowest BCUT2D eigenvalue weighted by Gasteiger charge is -2.09. The highest BCUT2D eigenvalue weighted by Crippen LogP contribution is 2.23. The van der Waals surface area contributed by atoms with Gasteiger partial charge in [0, 0.05) is 18.4 Å². The number of rotatable bonds is 7. The number of carbonyl (C=O) groups excluding carboxylic acids is 1. The van der Waals surface area contributed by atoms with Crippen molar-refractivity contribution in [2.75, 3.05) is 11.1 Å².